The predicted octanol–water partition coefficient (Wildman–Crippen LogP) is 2.21. The molecule has 0 fully saturated rings. The van der Waals surface area contributed by atoms with Gasteiger partial charge < -0.3 is 4.42 Å². The number of halogens is 1. The topological polar surface area (TPSA) is 30.2 Å². The van der Waals surface area contributed by atoms with Gasteiger partial charge in [0.15, 0.2) is 4.69 Å². The Balaban J connectivity index is 0.000000148. The van der Waals surface area contributed by atoms with Crippen molar-refractivity contribution in [2.75, 3.05) is 0 Å². The van der Waals surface area contributed by atoms with Crippen LogP contribution >= 0.6 is 15.9 Å². The highest BCUT2D eigenvalue weighted by molar-refractivity contribution is 9.18. The molecule has 9 heavy (non-hydrogen) atoms. The molecule has 1 heterocycles. The van der Waals surface area contributed by atoms with Crippen LogP contribution in [0.15, 0.2) is 29.1 Å². The Morgan fingerprint density at radius 1 is 1.44 bits per heavy atom. The van der Waals surface area contributed by atoms with E-state index < -0.39 is 0 Å². The summed E-state index contributed by atoms with van der Waals surface area (Å²) in [7, 11) is 0. The molecule has 0 spiro atoms. The molecule has 0 aliphatic rings. The molecule has 0 bridgehead atoms. The molecule has 0 aliphatic heterocycles. The van der Waals surface area contributed by atoms with E-state index in [-0.39, 0.29) is 4.69 Å². The molecule has 0 unspecified atom stereocenters. The molecule has 50 valence electrons. The Kier molecular flexibility index (Phi) is 5.21. The van der Waals surface area contributed by atoms with Crippen LogP contribution in [0.5, 0.6) is 0 Å². The number of carbonyl (C=O) groups is 1. The van der Waals surface area contributed by atoms with Crippen molar-refractivity contribution in [3.63, 3.8) is 0 Å². The number of hydrogen-bond donors (Lipinski definition) is 0. The standard InChI is InChI=1S/C4H4O.C2H3BrO/c1-2-4-5-3-1;1-2(3)4/h1-4H;1H3. The highest BCUT2D eigenvalue weighted by atomic mass is 79.9. The van der Waals surface area contributed by atoms with Crippen molar-refractivity contribution in [3.05, 3.63) is 24.7 Å². The summed E-state index contributed by atoms with van der Waals surface area (Å²) in [6.07, 6.45) is 3.25. The molecule has 1 rings (SSSR count). The quantitative estimate of drug-likeness (QED) is 0.588. The van der Waals surface area contributed by atoms with Crippen LogP contribution in [-0.2, 0) is 4.79 Å². The number of rotatable bonds is 0. The first-order chi connectivity index (χ1) is 4.23. The van der Waals surface area contributed by atoms with Gasteiger partial charge in [0.05, 0.1) is 12.5 Å². The molecule has 0 amide bonds. The summed E-state index contributed by atoms with van der Waals surface area (Å²) < 4.78 is 4.56. The van der Waals surface area contributed by atoms with Crippen LogP contribution in [0.2, 0.25) is 0 Å². The van der Waals surface area contributed by atoms with E-state index in [9.17, 15) is 4.79 Å². The molecule has 3 heteroatoms. The van der Waals surface area contributed by atoms with E-state index in [2.05, 4.69) is 20.3 Å². The van der Waals surface area contributed by atoms with Crippen LogP contribution in [0.3, 0.4) is 0 Å². The van der Waals surface area contributed by atoms with E-state index >= 15 is 0 Å². The number of hydrogen-bond acceptors (Lipinski definition) is 2. The first-order valence-corrected chi connectivity index (χ1v) is 3.16. The fourth-order valence-corrected chi connectivity index (χ4v) is 0.227. The van der Waals surface area contributed by atoms with Crippen molar-refractivity contribution >= 4 is 20.6 Å². The first kappa shape index (κ1) is 8.43. The molecule has 0 aliphatic carbocycles. The largest absolute Gasteiger partial charge is 0.473 e. The third-order valence-electron chi connectivity index (χ3n) is 0.425. The van der Waals surface area contributed by atoms with E-state index in [1.165, 1.54) is 6.92 Å². The Hall–Kier alpha value is -0.570. The van der Waals surface area contributed by atoms with Crippen LogP contribution in [-0.4, -0.2) is 4.69 Å². The molecule has 1 aromatic rings. The minimum absolute atomic E-state index is 0.0208. The lowest BCUT2D eigenvalue weighted by atomic mass is 10.7. The highest BCUT2D eigenvalue weighted by Gasteiger charge is 1.66. The lowest BCUT2D eigenvalue weighted by molar-refractivity contribution is -0.108. The van der Waals surface area contributed by atoms with Gasteiger partial charge in [0.2, 0.25) is 0 Å². The Bertz CT molecular complexity index is 125. The third kappa shape index (κ3) is 11.2. The summed E-state index contributed by atoms with van der Waals surface area (Å²) >= 11 is 2.63. The second kappa shape index (κ2) is 5.56. The van der Waals surface area contributed by atoms with E-state index in [0.29, 0.717) is 0 Å². The van der Waals surface area contributed by atoms with Gasteiger partial charge in [-0.05, 0) is 28.1 Å². The maximum Gasteiger partial charge on any atom is 0.194 e. The summed E-state index contributed by atoms with van der Waals surface area (Å²) in [6.45, 7) is 1.44. The zero-order valence-electron chi connectivity index (χ0n) is 5.00. The van der Waals surface area contributed by atoms with Gasteiger partial charge in [-0.2, -0.15) is 0 Å². The van der Waals surface area contributed by atoms with Crippen LogP contribution in [0.25, 0.3) is 0 Å². The molecule has 0 N–H and O–H groups in total. The fraction of sp³-hybridized carbons (Fsp3) is 0.167. The average molecular weight is 191 g/mol. The Labute approximate surface area is 62.0 Å². The zero-order chi connectivity index (χ0) is 7.11. The Morgan fingerprint density at radius 3 is 1.89 bits per heavy atom. The van der Waals surface area contributed by atoms with Crippen LogP contribution in [0.4, 0.5) is 0 Å². The van der Waals surface area contributed by atoms with Gasteiger partial charge in [0.1, 0.15) is 0 Å². The lowest BCUT2D eigenvalue weighted by Gasteiger charge is -1.52. The van der Waals surface area contributed by atoms with Gasteiger partial charge >= 0.3 is 0 Å². The number of carbonyl (C=O) groups excluding carboxylic acids is 1. The van der Waals surface area contributed by atoms with Crippen molar-refractivity contribution in [1.29, 1.82) is 0 Å². The second-order valence-electron chi connectivity index (χ2n) is 1.26. The average Bonchev–Trinajstić information content (AvgIpc) is 2.11. The summed E-state index contributed by atoms with van der Waals surface area (Å²) in [4.78, 5) is 9.36. The van der Waals surface area contributed by atoms with E-state index in [1.807, 2.05) is 12.1 Å². The van der Waals surface area contributed by atoms with Gasteiger partial charge in [-0.25, -0.2) is 0 Å². The summed E-state index contributed by atoms with van der Waals surface area (Å²) in [5.41, 5.74) is 0. The van der Waals surface area contributed by atoms with Crippen LogP contribution in [0.1, 0.15) is 6.92 Å². The molecular formula is C6H7BrO2. The normalized spacial score (nSPS) is 7.33. The smallest absolute Gasteiger partial charge is 0.194 e. The van der Waals surface area contributed by atoms with Gasteiger partial charge in [-0.15, -0.1) is 0 Å². The Morgan fingerprint density at radius 2 is 1.78 bits per heavy atom. The molecule has 0 atom stereocenters. The molecule has 0 saturated carbocycles. The molecule has 2 nitrogen and oxygen atoms in total. The highest BCUT2D eigenvalue weighted by Crippen LogP contribution is 1.79. The SMILES string of the molecule is CC(=O)Br.c1ccoc1. The van der Waals surface area contributed by atoms with Crippen molar-refractivity contribution in [3.8, 4) is 0 Å². The molecular weight excluding hydrogens is 184 g/mol. The van der Waals surface area contributed by atoms with Gasteiger partial charge in [0, 0.05) is 6.92 Å². The van der Waals surface area contributed by atoms with Crippen LogP contribution < -0.4 is 0 Å². The van der Waals surface area contributed by atoms with E-state index in [1.54, 1.807) is 12.5 Å². The molecule has 0 saturated heterocycles. The number of furan rings is 1. The maximum atomic E-state index is 9.36. The minimum Gasteiger partial charge on any atom is -0.473 e. The predicted molar refractivity (Wildman–Crippen MR) is 38.3 cm³/mol. The van der Waals surface area contributed by atoms with E-state index in [0.717, 1.165) is 0 Å². The van der Waals surface area contributed by atoms with Gasteiger partial charge in [-0.1, -0.05) is 0 Å². The summed E-state index contributed by atoms with van der Waals surface area (Å²) in [5, 5.41) is 0. The third-order valence-corrected chi connectivity index (χ3v) is 0.425. The zero-order valence-corrected chi connectivity index (χ0v) is 6.59. The molecule has 0 aromatic carbocycles. The van der Waals surface area contributed by atoms with Crippen molar-refractivity contribution < 1.29 is 9.21 Å². The monoisotopic (exact) mass is 190 g/mol. The van der Waals surface area contributed by atoms with Gasteiger partial charge in [-0.3, -0.25) is 4.79 Å². The van der Waals surface area contributed by atoms with E-state index in [4.69, 9.17) is 0 Å². The second-order valence-corrected chi connectivity index (χ2v) is 2.38. The molecule has 1 aromatic heterocycles. The lowest BCUT2D eigenvalue weighted by Crippen LogP contribution is -1.60. The van der Waals surface area contributed by atoms with Crippen molar-refractivity contribution in [2.24, 2.45) is 0 Å². The van der Waals surface area contributed by atoms with Crippen molar-refractivity contribution in [2.45, 2.75) is 6.92 Å². The van der Waals surface area contributed by atoms with Crippen LogP contribution in [0, 0.1) is 0 Å². The minimum atomic E-state index is -0.0208. The van der Waals surface area contributed by atoms with Crippen molar-refractivity contribution in [1.82, 2.24) is 0 Å². The van der Waals surface area contributed by atoms with Gasteiger partial charge in [0.25, 0.3) is 0 Å². The summed E-state index contributed by atoms with van der Waals surface area (Å²) in [5.74, 6) is 0. The fourth-order valence-electron chi connectivity index (χ4n) is 0.227. The maximum absolute atomic E-state index is 9.36. The summed E-state index contributed by atoms with van der Waals surface area (Å²) in [6, 6.07) is 3.67. The molecule has 0 radical (unpaired) electrons. The first-order valence-electron chi connectivity index (χ1n) is 2.36.